The summed E-state index contributed by atoms with van der Waals surface area (Å²) in [6, 6.07) is 95.1. The van der Waals surface area contributed by atoms with Crippen LogP contribution in [-0.4, -0.2) is 0 Å². The van der Waals surface area contributed by atoms with E-state index >= 15 is 0 Å². The second kappa shape index (κ2) is 16.3. The number of fused-ring (bicyclic) bond motifs is 7. The third kappa shape index (κ3) is 7.10. The Balaban J connectivity index is 0.931. The van der Waals surface area contributed by atoms with Gasteiger partial charge in [0.05, 0.1) is 0 Å². The molecule has 0 aromatic heterocycles. The smallest absolute Gasteiger partial charge is 0.0467 e. The van der Waals surface area contributed by atoms with Crippen molar-refractivity contribution in [3.05, 3.63) is 261 Å². The van der Waals surface area contributed by atoms with Crippen LogP contribution < -0.4 is 4.90 Å². The summed E-state index contributed by atoms with van der Waals surface area (Å²) in [4.78, 5) is 2.38. The normalized spacial score (nSPS) is 11.4. The summed E-state index contributed by atoms with van der Waals surface area (Å²) in [5.41, 5.74) is 15.3. The van der Waals surface area contributed by atoms with Crippen molar-refractivity contribution in [2.24, 2.45) is 0 Å². The van der Waals surface area contributed by atoms with Crippen LogP contribution in [0.4, 0.5) is 17.1 Å². The van der Waals surface area contributed by atoms with E-state index in [1.807, 2.05) is 0 Å². The van der Waals surface area contributed by atoms with E-state index in [9.17, 15) is 0 Å². The summed E-state index contributed by atoms with van der Waals surface area (Å²) in [6.45, 7) is 0. The van der Waals surface area contributed by atoms with Gasteiger partial charge in [-0.05, 0) is 147 Å². The van der Waals surface area contributed by atoms with E-state index in [0.717, 1.165) is 22.6 Å². The largest absolute Gasteiger partial charge is 0.310 e. The monoisotopic (exact) mass is 825 g/mol. The fraction of sp³-hybridized carbons (Fsp3) is 0. The molecule has 0 aliphatic carbocycles. The SMILES string of the molecule is c1ccc(-c2ccc(-c3ccc(N(c4ccc(-c5ccc6c7ccccc7c7ccccc7c6c5)cc4)c4cccc(-c5cccc(-c6cccc7ccccc67)c5)c4)cc3)cc2)cc1. The topological polar surface area (TPSA) is 3.24 Å². The lowest BCUT2D eigenvalue weighted by atomic mass is 9.92. The second-order valence-electron chi connectivity index (χ2n) is 16.9. The van der Waals surface area contributed by atoms with Gasteiger partial charge in [-0.2, -0.15) is 0 Å². The third-order valence-corrected chi connectivity index (χ3v) is 13.1. The van der Waals surface area contributed by atoms with Gasteiger partial charge in [0.15, 0.2) is 0 Å². The van der Waals surface area contributed by atoms with E-state index in [-0.39, 0.29) is 0 Å². The highest BCUT2D eigenvalue weighted by Crippen LogP contribution is 2.41. The van der Waals surface area contributed by atoms with Crippen LogP contribution >= 0.6 is 0 Å². The van der Waals surface area contributed by atoms with Crippen LogP contribution in [0.2, 0.25) is 0 Å². The molecular formula is C64H43N. The lowest BCUT2D eigenvalue weighted by molar-refractivity contribution is 1.28. The zero-order valence-electron chi connectivity index (χ0n) is 35.8. The maximum absolute atomic E-state index is 2.38. The molecule has 0 spiro atoms. The van der Waals surface area contributed by atoms with Gasteiger partial charge in [-0.3, -0.25) is 0 Å². The Kier molecular flexibility index (Phi) is 9.58. The number of hydrogen-bond donors (Lipinski definition) is 0. The van der Waals surface area contributed by atoms with Gasteiger partial charge in [0.25, 0.3) is 0 Å². The first-order chi connectivity index (χ1) is 32.2. The Morgan fingerprint density at radius 3 is 1.20 bits per heavy atom. The first-order valence-corrected chi connectivity index (χ1v) is 22.4. The molecule has 12 aromatic carbocycles. The summed E-state index contributed by atoms with van der Waals surface area (Å²) < 4.78 is 0. The molecule has 1 nitrogen and oxygen atoms in total. The van der Waals surface area contributed by atoms with Crippen molar-refractivity contribution in [1.29, 1.82) is 0 Å². The molecular weight excluding hydrogens is 783 g/mol. The lowest BCUT2D eigenvalue weighted by Gasteiger charge is -2.26. The Hall–Kier alpha value is -8.52. The highest BCUT2D eigenvalue weighted by atomic mass is 15.1. The minimum atomic E-state index is 1.09. The Bertz CT molecular complexity index is 3640. The van der Waals surface area contributed by atoms with E-state index in [0.29, 0.717) is 0 Å². The molecule has 65 heavy (non-hydrogen) atoms. The molecule has 0 saturated carbocycles. The fourth-order valence-corrected chi connectivity index (χ4v) is 9.79. The lowest BCUT2D eigenvalue weighted by Crippen LogP contribution is -2.10. The molecule has 0 N–H and O–H groups in total. The molecule has 0 unspecified atom stereocenters. The minimum absolute atomic E-state index is 1.09. The molecule has 0 saturated heterocycles. The predicted molar refractivity (Wildman–Crippen MR) is 278 cm³/mol. The van der Waals surface area contributed by atoms with Crippen molar-refractivity contribution in [2.45, 2.75) is 0 Å². The van der Waals surface area contributed by atoms with Gasteiger partial charge in [-0.25, -0.2) is 0 Å². The third-order valence-electron chi connectivity index (χ3n) is 13.1. The number of benzene rings is 12. The van der Waals surface area contributed by atoms with Crippen LogP contribution in [0.25, 0.3) is 98.7 Å². The van der Waals surface area contributed by atoms with Crippen molar-refractivity contribution in [1.82, 2.24) is 0 Å². The highest BCUT2D eigenvalue weighted by molar-refractivity contribution is 6.25. The summed E-state index contributed by atoms with van der Waals surface area (Å²) in [7, 11) is 0. The van der Waals surface area contributed by atoms with Gasteiger partial charge >= 0.3 is 0 Å². The van der Waals surface area contributed by atoms with Crippen molar-refractivity contribution >= 4 is 60.2 Å². The number of rotatable bonds is 8. The standard InChI is InChI=1S/C64H43N/c1-2-13-44(14-3-1)45-27-29-46(30-28-45)47-31-36-54(37-32-47)65(56-20-11-18-51(42-56)50-17-10-19-53(41-50)58-26-12-16-49-15-4-5-21-57(49)58)55-38-33-48(34-39-55)52-35-40-63-61-24-7-6-22-59(61)60-23-8-9-25-62(60)64(63)43-52/h1-43H. The van der Waals surface area contributed by atoms with Gasteiger partial charge in [0, 0.05) is 17.1 Å². The summed E-state index contributed by atoms with van der Waals surface area (Å²) >= 11 is 0. The molecule has 0 heterocycles. The van der Waals surface area contributed by atoms with Crippen LogP contribution in [0, 0.1) is 0 Å². The summed E-state index contributed by atoms with van der Waals surface area (Å²) in [6.07, 6.45) is 0. The van der Waals surface area contributed by atoms with Gasteiger partial charge in [-0.1, -0.05) is 212 Å². The highest BCUT2D eigenvalue weighted by Gasteiger charge is 2.16. The average Bonchev–Trinajstić information content (AvgIpc) is 3.39. The van der Waals surface area contributed by atoms with Crippen molar-refractivity contribution in [3.63, 3.8) is 0 Å². The van der Waals surface area contributed by atoms with Crippen LogP contribution in [0.15, 0.2) is 261 Å². The van der Waals surface area contributed by atoms with Crippen molar-refractivity contribution < 1.29 is 0 Å². The molecule has 12 rings (SSSR count). The van der Waals surface area contributed by atoms with Gasteiger partial charge in [-0.15, -0.1) is 0 Å². The Morgan fingerprint density at radius 1 is 0.185 bits per heavy atom. The van der Waals surface area contributed by atoms with Crippen molar-refractivity contribution in [3.8, 4) is 55.6 Å². The number of nitrogens with zero attached hydrogens (tertiary/aromatic N) is 1. The fourth-order valence-electron chi connectivity index (χ4n) is 9.79. The molecule has 0 atom stereocenters. The molecule has 0 bridgehead atoms. The first-order valence-electron chi connectivity index (χ1n) is 22.4. The zero-order valence-corrected chi connectivity index (χ0v) is 35.8. The molecule has 12 aromatic rings. The average molecular weight is 826 g/mol. The first kappa shape index (κ1) is 38.2. The Morgan fingerprint density at radius 2 is 0.569 bits per heavy atom. The molecule has 0 amide bonds. The van der Waals surface area contributed by atoms with Crippen LogP contribution in [0.5, 0.6) is 0 Å². The zero-order chi connectivity index (χ0) is 43.1. The predicted octanol–water partition coefficient (Wildman–Crippen LogP) is 18.1. The van der Waals surface area contributed by atoms with Gasteiger partial charge < -0.3 is 4.90 Å². The minimum Gasteiger partial charge on any atom is -0.310 e. The van der Waals surface area contributed by atoms with E-state index in [1.54, 1.807) is 0 Å². The quantitative estimate of drug-likeness (QED) is 0.138. The summed E-state index contributed by atoms with van der Waals surface area (Å²) in [5.74, 6) is 0. The summed E-state index contributed by atoms with van der Waals surface area (Å²) in [5, 5.41) is 10.2. The van der Waals surface area contributed by atoms with Gasteiger partial charge in [0.1, 0.15) is 0 Å². The molecule has 0 aliphatic rings. The van der Waals surface area contributed by atoms with E-state index in [2.05, 4.69) is 266 Å². The van der Waals surface area contributed by atoms with Crippen LogP contribution in [-0.2, 0) is 0 Å². The molecule has 0 aliphatic heterocycles. The second-order valence-corrected chi connectivity index (χ2v) is 16.9. The molecule has 304 valence electrons. The van der Waals surface area contributed by atoms with Gasteiger partial charge in [0.2, 0.25) is 0 Å². The van der Waals surface area contributed by atoms with Crippen LogP contribution in [0.1, 0.15) is 0 Å². The van der Waals surface area contributed by atoms with E-state index < -0.39 is 0 Å². The number of hydrogen-bond acceptors (Lipinski definition) is 1. The van der Waals surface area contributed by atoms with E-state index in [4.69, 9.17) is 0 Å². The van der Waals surface area contributed by atoms with Crippen LogP contribution in [0.3, 0.4) is 0 Å². The molecule has 1 heteroatoms. The maximum Gasteiger partial charge on any atom is 0.0467 e. The molecule has 0 fully saturated rings. The molecule has 0 radical (unpaired) electrons. The number of anilines is 3. The van der Waals surface area contributed by atoms with Crippen molar-refractivity contribution in [2.75, 3.05) is 4.90 Å². The maximum atomic E-state index is 2.38. The van der Waals surface area contributed by atoms with E-state index in [1.165, 1.54) is 93.2 Å². The Labute approximate surface area is 379 Å².